The maximum atomic E-state index is 13.4. The van der Waals surface area contributed by atoms with Crippen LogP contribution < -0.4 is 10.3 Å². The number of rotatable bonds is 7. The molecular formula is C28H34F3N5O3. The lowest BCUT2D eigenvalue weighted by atomic mass is 9.61. The van der Waals surface area contributed by atoms with Crippen LogP contribution in [0.3, 0.4) is 0 Å². The summed E-state index contributed by atoms with van der Waals surface area (Å²) in [7, 11) is 0. The molecule has 8 nitrogen and oxygen atoms in total. The molecule has 1 unspecified atom stereocenters. The first-order valence-corrected chi connectivity index (χ1v) is 13.8. The smallest absolute Gasteiger partial charge is 0.450 e. The largest absolute Gasteiger partial charge is 0.489 e. The van der Waals surface area contributed by atoms with E-state index in [0.29, 0.717) is 23.6 Å². The number of fused-ring (bicyclic) bond motifs is 1. The number of alkyl halides is 3. The summed E-state index contributed by atoms with van der Waals surface area (Å²) in [4.78, 5) is 18.8. The molecule has 0 radical (unpaired) electrons. The fourth-order valence-corrected chi connectivity index (χ4v) is 6.50. The zero-order valence-electron chi connectivity index (χ0n) is 22.3. The zero-order chi connectivity index (χ0) is 27.4. The molecule has 1 saturated carbocycles. The van der Waals surface area contributed by atoms with Crippen molar-refractivity contribution in [2.75, 3.05) is 26.2 Å². The number of pyridine rings is 1. The van der Waals surface area contributed by atoms with Crippen molar-refractivity contribution in [1.29, 1.82) is 0 Å². The molecule has 1 spiro atoms. The quantitative estimate of drug-likeness (QED) is 0.429. The van der Waals surface area contributed by atoms with Crippen LogP contribution in [0, 0.1) is 19.3 Å². The highest BCUT2D eigenvalue weighted by atomic mass is 19.4. The van der Waals surface area contributed by atoms with Crippen LogP contribution in [0.4, 0.5) is 13.2 Å². The van der Waals surface area contributed by atoms with E-state index in [2.05, 4.69) is 15.0 Å². The number of hydrogen-bond donors (Lipinski definition) is 0. The van der Waals surface area contributed by atoms with Gasteiger partial charge in [0.15, 0.2) is 6.23 Å². The highest BCUT2D eigenvalue weighted by Gasteiger charge is 2.53. The fraction of sp³-hybridized carbons (Fsp3) is 0.607. The minimum atomic E-state index is -4.52. The van der Waals surface area contributed by atoms with Gasteiger partial charge in [-0.05, 0) is 83.0 Å². The second-order valence-corrected chi connectivity index (χ2v) is 11.5. The van der Waals surface area contributed by atoms with Gasteiger partial charge in [-0.2, -0.15) is 18.3 Å². The van der Waals surface area contributed by atoms with Crippen LogP contribution in [-0.4, -0.2) is 56.4 Å². The summed E-state index contributed by atoms with van der Waals surface area (Å²) >= 11 is 0. The maximum Gasteiger partial charge on any atom is 0.450 e. The number of ether oxygens (including phenoxy) is 2. The van der Waals surface area contributed by atoms with Crippen LogP contribution in [0.1, 0.15) is 67.4 Å². The van der Waals surface area contributed by atoms with E-state index in [4.69, 9.17) is 9.47 Å². The van der Waals surface area contributed by atoms with E-state index in [9.17, 15) is 18.0 Å². The summed E-state index contributed by atoms with van der Waals surface area (Å²) in [6, 6.07) is 3.36. The topological polar surface area (TPSA) is 73.9 Å². The van der Waals surface area contributed by atoms with Crippen LogP contribution in [0.15, 0.2) is 29.3 Å². The third kappa shape index (κ3) is 4.95. The van der Waals surface area contributed by atoms with Crippen molar-refractivity contribution >= 4 is 5.52 Å². The Kier molecular flexibility index (Phi) is 6.69. The van der Waals surface area contributed by atoms with Crippen molar-refractivity contribution in [3.63, 3.8) is 0 Å². The van der Waals surface area contributed by atoms with Crippen LogP contribution in [0.25, 0.3) is 5.52 Å². The molecule has 2 aliphatic heterocycles. The Labute approximate surface area is 224 Å². The zero-order valence-corrected chi connectivity index (χ0v) is 22.3. The lowest BCUT2D eigenvalue weighted by molar-refractivity contribution is -0.145. The summed E-state index contributed by atoms with van der Waals surface area (Å²) < 4.78 is 54.5. The molecule has 3 aliphatic rings. The lowest BCUT2D eigenvalue weighted by Crippen LogP contribution is -2.64. The molecule has 6 rings (SSSR count). The van der Waals surface area contributed by atoms with E-state index < -0.39 is 12.0 Å². The minimum Gasteiger partial charge on any atom is -0.489 e. The first-order valence-electron chi connectivity index (χ1n) is 13.8. The van der Waals surface area contributed by atoms with E-state index in [1.165, 1.54) is 10.9 Å². The Morgan fingerprint density at radius 3 is 2.67 bits per heavy atom. The number of nitrogens with zero attached hydrogens (tertiary/aromatic N) is 5. The molecule has 3 aromatic rings. The summed E-state index contributed by atoms with van der Waals surface area (Å²) in [6.45, 7) is 7.15. The molecule has 1 atom stereocenters. The molecule has 5 heterocycles. The second kappa shape index (κ2) is 9.92. The first kappa shape index (κ1) is 26.3. The van der Waals surface area contributed by atoms with Gasteiger partial charge >= 0.3 is 6.18 Å². The number of aryl methyl sites for hydroxylation is 2. The summed E-state index contributed by atoms with van der Waals surface area (Å²) in [5.41, 5.74) is 2.75. The normalized spacial score (nSPS) is 21.7. The van der Waals surface area contributed by atoms with Crippen LogP contribution in [0.5, 0.6) is 5.75 Å². The van der Waals surface area contributed by atoms with Crippen molar-refractivity contribution in [3.8, 4) is 5.75 Å². The van der Waals surface area contributed by atoms with E-state index in [1.807, 2.05) is 13.1 Å². The van der Waals surface area contributed by atoms with Gasteiger partial charge in [-0.1, -0.05) is 0 Å². The predicted molar refractivity (Wildman–Crippen MR) is 138 cm³/mol. The van der Waals surface area contributed by atoms with E-state index in [-0.39, 0.29) is 23.3 Å². The van der Waals surface area contributed by atoms with Crippen molar-refractivity contribution in [3.05, 3.63) is 57.5 Å². The summed E-state index contributed by atoms with van der Waals surface area (Å²) in [6.07, 6.45) is 4.77. The standard InChI is InChI=1S/C28H34F3N5O3/c1-18-20(14-33-36(25(18)37)24-7-3-4-11-38-24)6-5-10-34-16-27(17-34)12-22(13-27)39-23-9-8-21-15-32-26(28(29,30)31)35(21)19(23)2/h8-9,14-15,22,24H,3-7,10-13,16-17H2,1-2H3. The van der Waals surface area contributed by atoms with Crippen molar-refractivity contribution in [2.45, 2.75) is 77.3 Å². The van der Waals surface area contributed by atoms with E-state index in [0.717, 1.165) is 80.1 Å². The van der Waals surface area contributed by atoms with Crippen molar-refractivity contribution in [1.82, 2.24) is 24.1 Å². The Balaban J connectivity index is 0.977. The van der Waals surface area contributed by atoms with Gasteiger partial charge in [-0.3, -0.25) is 9.20 Å². The molecule has 0 bridgehead atoms. The average molecular weight is 546 g/mol. The number of hydrogen-bond acceptors (Lipinski definition) is 6. The van der Waals surface area contributed by atoms with Gasteiger partial charge in [-0.15, -0.1) is 0 Å². The second-order valence-electron chi connectivity index (χ2n) is 11.5. The Morgan fingerprint density at radius 1 is 1.15 bits per heavy atom. The molecule has 3 fully saturated rings. The third-order valence-electron chi connectivity index (χ3n) is 8.57. The van der Waals surface area contributed by atoms with Crippen LogP contribution >= 0.6 is 0 Å². The van der Waals surface area contributed by atoms with E-state index in [1.54, 1.807) is 19.1 Å². The van der Waals surface area contributed by atoms with Gasteiger partial charge in [0.2, 0.25) is 5.82 Å². The van der Waals surface area contributed by atoms with Gasteiger partial charge in [0, 0.05) is 30.7 Å². The van der Waals surface area contributed by atoms with Gasteiger partial charge in [0.05, 0.1) is 23.6 Å². The van der Waals surface area contributed by atoms with Gasteiger partial charge in [0.25, 0.3) is 5.56 Å². The number of imidazole rings is 1. The van der Waals surface area contributed by atoms with Crippen LogP contribution in [0.2, 0.25) is 0 Å². The van der Waals surface area contributed by atoms with Crippen LogP contribution in [-0.2, 0) is 17.3 Å². The number of aromatic nitrogens is 4. The van der Waals surface area contributed by atoms with Gasteiger partial charge < -0.3 is 14.4 Å². The van der Waals surface area contributed by atoms with Crippen molar-refractivity contribution in [2.24, 2.45) is 5.41 Å². The Bertz CT molecular complexity index is 1410. The SMILES string of the molecule is Cc1c(CCCN2CC3(CC(Oc4ccc5cnc(C(F)(F)F)n5c4C)C3)C2)cnn(C2CCCCO2)c1=O. The Hall–Kier alpha value is -2.92. The number of halogens is 3. The predicted octanol–water partition coefficient (Wildman–Crippen LogP) is 4.70. The van der Waals surface area contributed by atoms with Crippen molar-refractivity contribution < 1.29 is 22.6 Å². The molecule has 0 amide bonds. The minimum absolute atomic E-state index is 0.00881. The lowest BCUT2D eigenvalue weighted by Gasteiger charge is -2.58. The van der Waals surface area contributed by atoms with E-state index >= 15 is 0 Å². The molecule has 11 heteroatoms. The monoisotopic (exact) mass is 545 g/mol. The third-order valence-corrected chi connectivity index (χ3v) is 8.57. The first-order chi connectivity index (χ1) is 18.6. The van der Waals surface area contributed by atoms with Gasteiger partial charge in [-0.25, -0.2) is 9.67 Å². The molecule has 3 aromatic heterocycles. The molecule has 1 aliphatic carbocycles. The van der Waals surface area contributed by atoms with Gasteiger partial charge in [0.1, 0.15) is 11.9 Å². The fourth-order valence-electron chi connectivity index (χ4n) is 6.50. The molecular weight excluding hydrogens is 511 g/mol. The number of likely N-dealkylation sites (tertiary alicyclic amines) is 1. The molecule has 39 heavy (non-hydrogen) atoms. The summed E-state index contributed by atoms with van der Waals surface area (Å²) in [5.74, 6) is -0.450. The Morgan fingerprint density at radius 2 is 1.95 bits per heavy atom. The molecule has 0 aromatic carbocycles. The highest BCUT2D eigenvalue weighted by Crippen LogP contribution is 2.50. The molecule has 2 saturated heterocycles. The molecule has 210 valence electrons. The highest BCUT2D eigenvalue weighted by molar-refractivity contribution is 5.51. The maximum absolute atomic E-state index is 13.4. The summed E-state index contributed by atoms with van der Waals surface area (Å²) in [5, 5.41) is 4.41. The molecule has 0 N–H and O–H groups in total. The average Bonchev–Trinajstić information content (AvgIpc) is 3.31.